The van der Waals surface area contributed by atoms with Gasteiger partial charge in [0.2, 0.25) is 29.6 Å². The molecule has 1 unspecified atom stereocenters. The minimum atomic E-state index is -3.15. The number of piperazine rings is 2. The van der Waals surface area contributed by atoms with E-state index in [1.165, 1.54) is 112 Å². The van der Waals surface area contributed by atoms with Gasteiger partial charge in [-0.25, -0.2) is 43.2 Å². The molecule has 2 fully saturated rings. The van der Waals surface area contributed by atoms with Crippen LogP contribution in [-0.2, 0) is 41.3 Å². The Hall–Kier alpha value is -2.87. The van der Waals surface area contributed by atoms with Crippen LogP contribution in [-0.4, -0.2) is 196 Å². The molecular weight excluding hydrogens is 1150 g/mol. The summed E-state index contributed by atoms with van der Waals surface area (Å²) in [5, 5.41) is 30.7. The van der Waals surface area contributed by atoms with Gasteiger partial charge < -0.3 is 45.5 Å². The first kappa shape index (κ1) is 69.4. The van der Waals surface area contributed by atoms with Gasteiger partial charge >= 0.3 is 136 Å². The third-order valence-electron chi connectivity index (χ3n) is 10.7. The number of carbonyl (C=O) groups excluding carboxylic acids is 4. The fourth-order valence-corrected chi connectivity index (χ4v) is 7.11. The van der Waals surface area contributed by atoms with E-state index in [1.807, 2.05) is 12.1 Å². The van der Waals surface area contributed by atoms with Crippen molar-refractivity contribution in [3.05, 3.63) is 145 Å². The first-order chi connectivity index (χ1) is 36.8. The Bertz CT molecular complexity index is 2930. The normalized spacial score (nSPS) is 12.7. The van der Waals surface area contributed by atoms with E-state index in [4.69, 9.17) is 36.4 Å². The van der Waals surface area contributed by atoms with Gasteiger partial charge in [-0.3, -0.25) is 24.3 Å². The summed E-state index contributed by atoms with van der Waals surface area (Å²) in [6.07, 6.45) is 8.35. The van der Waals surface area contributed by atoms with Crippen molar-refractivity contribution in [2.75, 3.05) is 72.8 Å². The summed E-state index contributed by atoms with van der Waals surface area (Å²) in [5.41, 5.74) is 2.98. The fraction of sp³-hybridized carbons (Fsp3) is 0.239. The zero-order valence-electron chi connectivity index (χ0n) is 42.6. The standard InChI is InChI=1S/C23H22F2N6O2.C18H17ClFN5O2.C5H5BFNO2.3K.HO4P/c1-15(32)30-6-8-31(9-7-30)18-2-3-21(27-14-18)29-22(33)11-16-10-19(24)23(28-13-16)17-4-5-26-20(25)12-17;1-12(26)24-4-6-25(7-5-24)14-2-3-16(21-11-14)23-17(27)9-13-8-15(20)18(19)22-10-13;7-5-3-4(6(9)10)1-2-8-5;;;;1-4-5(2)3/h2-5,10,12-14H,6-9,11H2,1H3,(H,27,29,33);2-3,8,10-11H,1,4-7,9H2;1-3,9-10H;;;;1H/q;;;;;+1;. The molecular formula is C46H45BClF4K3N12O10P+. The van der Waals surface area contributed by atoms with Crippen molar-refractivity contribution in [1.29, 1.82) is 0 Å². The van der Waals surface area contributed by atoms with Crippen molar-refractivity contribution in [1.82, 2.24) is 39.7 Å². The molecule has 22 nitrogen and oxygen atoms in total. The Morgan fingerprint density at radius 3 is 1.55 bits per heavy atom. The van der Waals surface area contributed by atoms with E-state index in [2.05, 4.69) is 61.9 Å². The molecule has 78 heavy (non-hydrogen) atoms. The van der Waals surface area contributed by atoms with Gasteiger partial charge in [0.25, 0.3) is 0 Å². The maximum absolute atomic E-state index is 14.5. The van der Waals surface area contributed by atoms with Crippen molar-refractivity contribution < 1.29 is 118 Å². The van der Waals surface area contributed by atoms with Crippen LogP contribution in [0.15, 0.2) is 97.8 Å². The quantitative estimate of drug-likeness (QED) is 0.0208. The predicted molar refractivity (Wildman–Crippen MR) is 273 cm³/mol. The van der Waals surface area contributed by atoms with Gasteiger partial charge in [0.1, 0.15) is 23.1 Å². The fourth-order valence-electron chi connectivity index (χ4n) is 7.00. The van der Waals surface area contributed by atoms with Gasteiger partial charge in [-0.1, -0.05) is 11.6 Å². The Balaban J connectivity index is 0.000000317. The second-order valence-corrected chi connectivity index (χ2v) is 16.8. The summed E-state index contributed by atoms with van der Waals surface area (Å²) in [6.45, 7) is 10.4. The van der Waals surface area contributed by atoms with Gasteiger partial charge in [-0.05, 0) is 75.8 Å². The topological polar surface area (TPSA) is 296 Å². The molecule has 0 bridgehead atoms. The van der Waals surface area contributed by atoms with Crippen LogP contribution in [0, 0.1) is 30.5 Å². The molecule has 1 atom stereocenters. The summed E-state index contributed by atoms with van der Waals surface area (Å²) in [4.78, 5) is 86.7. The Morgan fingerprint density at radius 1 is 0.705 bits per heavy atom. The summed E-state index contributed by atoms with van der Waals surface area (Å²) < 4.78 is 64.6. The number of carbonyl (C=O) groups is 4. The number of rotatable bonds is 11. The second-order valence-electron chi connectivity index (χ2n) is 15.9. The third-order valence-corrected chi connectivity index (χ3v) is 11.1. The number of anilines is 4. The first-order valence-corrected chi connectivity index (χ1v) is 40.6. The summed E-state index contributed by atoms with van der Waals surface area (Å²) >= 11 is 8.03. The number of nitrogens with zero attached hydrogens (tertiary/aromatic N) is 10. The first-order valence-electron chi connectivity index (χ1n) is 23.1. The summed E-state index contributed by atoms with van der Waals surface area (Å²) in [5.74, 6) is -2.77. The van der Waals surface area contributed by atoms with Crippen LogP contribution in [0.25, 0.3) is 11.3 Å². The number of hydrogen-bond acceptors (Lipinski definition) is 18. The van der Waals surface area contributed by atoms with E-state index >= 15 is 0 Å². The molecule has 6 aromatic rings. The van der Waals surface area contributed by atoms with Crippen molar-refractivity contribution in [2.24, 2.45) is 0 Å². The zero-order valence-corrected chi connectivity index (χ0v) is 53.6. The van der Waals surface area contributed by atoms with Gasteiger partial charge in [0.05, 0.1) is 36.6 Å². The van der Waals surface area contributed by atoms with E-state index in [0.717, 1.165) is 23.5 Å². The van der Waals surface area contributed by atoms with Crippen molar-refractivity contribution in [3.63, 3.8) is 0 Å². The van der Waals surface area contributed by atoms with Crippen molar-refractivity contribution in [3.8, 4) is 11.3 Å². The van der Waals surface area contributed by atoms with Gasteiger partial charge in [-0.2, -0.15) is 8.78 Å². The Kier molecular flexibility index (Phi) is 32.5. The second kappa shape index (κ2) is 36.6. The van der Waals surface area contributed by atoms with Crippen LogP contribution in [0.3, 0.4) is 0 Å². The number of nitrogens with one attached hydrogen (secondary N) is 2. The van der Waals surface area contributed by atoms with Crippen LogP contribution in [0.5, 0.6) is 0 Å². The number of halogens is 5. The molecule has 8 heterocycles. The molecule has 6 aromatic heterocycles. The van der Waals surface area contributed by atoms with Crippen LogP contribution >= 0.6 is 19.9 Å². The van der Waals surface area contributed by atoms with Crippen LogP contribution in [0.2, 0.25) is 5.15 Å². The monoisotopic (exact) mass is 1200 g/mol. The number of aromatic nitrogens is 6. The molecule has 2 aliphatic rings. The van der Waals surface area contributed by atoms with Crippen LogP contribution in [0.1, 0.15) is 18.1 Å². The molecule has 4 N–H and O–H groups in total. The Morgan fingerprint density at radius 2 is 1.17 bits per heavy atom. The van der Waals surface area contributed by atoms with Gasteiger partial charge in [-0.15, -0.1) is 0 Å². The number of amides is 4. The molecule has 0 aliphatic carbocycles. The Labute approximate surface area is 539 Å². The molecule has 394 valence electrons. The molecule has 8 rings (SSSR count). The van der Waals surface area contributed by atoms with E-state index in [9.17, 15) is 36.7 Å². The molecule has 0 saturated carbocycles. The van der Waals surface area contributed by atoms with Gasteiger partial charge in [0, 0.05) is 95.7 Å². The molecule has 4 amide bonds. The molecule has 2 saturated heterocycles. The third kappa shape index (κ3) is 24.3. The van der Waals surface area contributed by atoms with Crippen LogP contribution in [0.4, 0.5) is 40.6 Å². The number of hydrogen-bond donors (Lipinski definition) is 4. The molecule has 32 heteroatoms. The van der Waals surface area contributed by atoms with Crippen LogP contribution < -0.4 is 87.4 Å². The van der Waals surface area contributed by atoms with E-state index < -0.39 is 38.9 Å². The molecule has 0 radical (unpaired) electrons. The number of pyridine rings is 6. The van der Waals surface area contributed by atoms with Crippen molar-refractivity contribution in [2.45, 2.75) is 19.8 Å². The molecule has 0 aromatic carbocycles. The minimum absolute atomic E-state index is 0. The zero-order chi connectivity index (χ0) is 56.6. The predicted octanol–water partition coefficient (Wildman–Crippen LogP) is -1.96. The average molecular weight is 1200 g/mol. The SMILES string of the molecule is CC(=O)N1CCN(c2ccc(NC(=O)Cc3cnc(-c4ccnc(F)c4)c(F)c3)nc2)CC1.O=[P+]([O-])O[O-].OB(O)c1ccnc(F)c1.[CH2+]C(=O)N1CCN(c2ccc(NC(=O)Cc3cnc(Cl)c(F)c3)nc2)CC1.[K+].[K][K]. The summed E-state index contributed by atoms with van der Waals surface area (Å²) in [7, 11) is -4.78. The van der Waals surface area contributed by atoms with E-state index in [1.54, 1.807) is 41.2 Å². The van der Waals surface area contributed by atoms with Crippen molar-refractivity contribution >= 4 is 142 Å². The molecule has 2 aliphatic heterocycles. The maximum atomic E-state index is 14.5. The summed E-state index contributed by atoms with van der Waals surface area (Å²) in [6, 6.07) is 14.3. The average Bonchev–Trinajstić information content (AvgIpc) is 3.42. The van der Waals surface area contributed by atoms with E-state index in [0.29, 0.717) is 75.1 Å². The van der Waals surface area contributed by atoms with Gasteiger partial charge in [0.15, 0.2) is 17.9 Å². The van der Waals surface area contributed by atoms with E-state index in [-0.39, 0.29) is 110 Å². The molecule has 0 spiro atoms.